The third kappa shape index (κ3) is 3.12. The van der Waals surface area contributed by atoms with Crippen molar-refractivity contribution in [1.82, 2.24) is 5.32 Å². The quantitative estimate of drug-likeness (QED) is 0.534. The molecule has 1 amide bonds. The predicted octanol–water partition coefficient (Wildman–Crippen LogP) is -0.223. The molecule has 14 heavy (non-hydrogen) atoms. The zero-order chi connectivity index (χ0) is 10.6. The summed E-state index contributed by atoms with van der Waals surface area (Å²) in [5, 5.41) is 11.8. The molecular weight excluding hydrogens is 180 g/mol. The van der Waals surface area contributed by atoms with Gasteiger partial charge in [0.1, 0.15) is 0 Å². The van der Waals surface area contributed by atoms with Gasteiger partial charge in [-0.15, -0.1) is 6.58 Å². The van der Waals surface area contributed by atoms with Crippen LogP contribution in [-0.2, 0) is 4.79 Å². The average Bonchev–Trinajstić information content (AvgIpc) is 2.10. The molecule has 0 saturated heterocycles. The van der Waals surface area contributed by atoms with Crippen molar-refractivity contribution in [3.63, 3.8) is 0 Å². The summed E-state index contributed by atoms with van der Waals surface area (Å²) < 4.78 is 0. The van der Waals surface area contributed by atoms with E-state index in [-0.39, 0.29) is 12.0 Å². The summed E-state index contributed by atoms with van der Waals surface area (Å²) in [4.78, 5) is 11.3. The SMILES string of the molecule is C=CCC(N)C(=O)NCC1CC(O)C1. The van der Waals surface area contributed by atoms with Crippen LogP contribution in [0.5, 0.6) is 0 Å². The highest BCUT2D eigenvalue weighted by molar-refractivity contribution is 5.81. The van der Waals surface area contributed by atoms with Gasteiger partial charge in [-0.2, -0.15) is 0 Å². The summed E-state index contributed by atoms with van der Waals surface area (Å²) >= 11 is 0. The summed E-state index contributed by atoms with van der Waals surface area (Å²) in [6.45, 7) is 4.15. The maximum absolute atomic E-state index is 11.3. The second kappa shape index (κ2) is 5.12. The van der Waals surface area contributed by atoms with E-state index < -0.39 is 6.04 Å². The molecule has 1 atom stereocenters. The fraction of sp³-hybridized carbons (Fsp3) is 0.700. The largest absolute Gasteiger partial charge is 0.393 e. The van der Waals surface area contributed by atoms with E-state index in [1.807, 2.05) is 0 Å². The first kappa shape index (κ1) is 11.2. The fourth-order valence-corrected chi connectivity index (χ4v) is 1.53. The van der Waals surface area contributed by atoms with Crippen LogP contribution in [0.15, 0.2) is 12.7 Å². The van der Waals surface area contributed by atoms with Gasteiger partial charge in [-0.25, -0.2) is 0 Å². The summed E-state index contributed by atoms with van der Waals surface area (Å²) in [7, 11) is 0. The number of carbonyl (C=O) groups excluding carboxylic acids is 1. The summed E-state index contributed by atoms with van der Waals surface area (Å²) in [5.74, 6) is 0.288. The van der Waals surface area contributed by atoms with Crippen molar-refractivity contribution in [1.29, 1.82) is 0 Å². The molecule has 0 aromatic heterocycles. The Morgan fingerprint density at radius 3 is 2.86 bits per heavy atom. The molecule has 0 radical (unpaired) electrons. The predicted molar refractivity (Wildman–Crippen MR) is 54.5 cm³/mol. The zero-order valence-corrected chi connectivity index (χ0v) is 8.28. The minimum absolute atomic E-state index is 0.133. The van der Waals surface area contributed by atoms with Gasteiger partial charge in [0, 0.05) is 6.54 Å². The minimum Gasteiger partial charge on any atom is -0.393 e. The van der Waals surface area contributed by atoms with E-state index in [2.05, 4.69) is 11.9 Å². The number of aliphatic hydroxyl groups is 1. The second-order valence-electron chi connectivity index (χ2n) is 3.87. The second-order valence-corrected chi connectivity index (χ2v) is 3.87. The Morgan fingerprint density at radius 2 is 2.36 bits per heavy atom. The lowest BCUT2D eigenvalue weighted by Gasteiger charge is -2.31. The molecule has 4 nitrogen and oxygen atoms in total. The normalized spacial score (nSPS) is 27.6. The van der Waals surface area contributed by atoms with Gasteiger partial charge < -0.3 is 16.2 Å². The van der Waals surface area contributed by atoms with Crippen LogP contribution < -0.4 is 11.1 Å². The van der Waals surface area contributed by atoms with E-state index >= 15 is 0 Å². The van der Waals surface area contributed by atoms with Crippen LogP contribution >= 0.6 is 0 Å². The maximum Gasteiger partial charge on any atom is 0.237 e. The Bertz CT molecular complexity index is 212. The van der Waals surface area contributed by atoms with Crippen molar-refractivity contribution in [2.45, 2.75) is 31.4 Å². The number of rotatable bonds is 5. The van der Waals surface area contributed by atoms with E-state index in [0.29, 0.717) is 18.9 Å². The molecule has 0 heterocycles. The van der Waals surface area contributed by atoms with Crippen molar-refractivity contribution < 1.29 is 9.90 Å². The molecule has 0 spiro atoms. The fourth-order valence-electron chi connectivity index (χ4n) is 1.53. The highest BCUT2D eigenvalue weighted by atomic mass is 16.3. The molecular formula is C10H18N2O2. The zero-order valence-electron chi connectivity index (χ0n) is 8.28. The lowest BCUT2D eigenvalue weighted by atomic mass is 9.82. The summed E-state index contributed by atoms with van der Waals surface area (Å²) in [6.07, 6.45) is 3.54. The number of carbonyl (C=O) groups is 1. The third-order valence-electron chi connectivity index (χ3n) is 2.53. The van der Waals surface area contributed by atoms with E-state index in [4.69, 9.17) is 10.8 Å². The molecule has 80 valence electrons. The molecule has 1 rings (SSSR count). The molecule has 1 aliphatic carbocycles. The first-order chi connectivity index (χ1) is 6.63. The monoisotopic (exact) mass is 198 g/mol. The molecule has 0 aliphatic heterocycles. The molecule has 4 N–H and O–H groups in total. The number of amides is 1. The number of hydrogen-bond acceptors (Lipinski definition) is 3. The van der Waals surface area contributed by atoms with E-state index in [1.54, 1.807) is 6.08 Å². The molecule has 4 heteroatoms. The Balaban J connectivity index is 2.11. The first-order valence-electron chi connectivity index (χ1n) is 4.95. The van der Waals surface area contributed by atoms with E-state index in [9.17, 15) is 4.79 Å². The van der Waals surface area contributed by atoms with E-state index in [0.717, 1.165) is 12.8 Å². The molecule has 0 aromatic carbocycles. The average molecular weight is 198 g/mol. The van der Waals surface area contributed by atoms with Gasteiger partial charge in [-0.05, 0) is 25.2 Å². The number of hydrogen-bond donors (Lipinski definition) is 3. The Kier molecular flexibility index (Phi) is 4.10. The number of nitrogens with two attached hydrogens (primary N) is 1. The van der Waals surface area contributed by atoms with Crippen LogP contribution in [0.3, 0.4) is 0 Å². The minimum atomic E-state index is -0.488. The molecule has 0 bridgehead atoms. The molecule has 1 fully saturated rings. The van der Waals surface area contributed by atoms with Crippen LogP contribution in [0.1, 0.15) is 19.3 Å². The summed E-state index contributed by atoms with van der Waals surface area (Å²) in [6, 6.07) is -0.488. The third-order valence-corrected chi connectivity index (χ3v) is 2.53. The van der Waals surface area contributed by atoms with Crippen molar-refractivity contribution in [3.05, 3.63) is 12.7 Å². The van der Waals surface area contributed by atoms with Crippen LogP contribution in [-0.4, -0.2) is 29.7 Å². The van der Waals surface area contributed by atoms with E-state index in [1.165, 1.54) is 0 Å². The van der Waals surface area contributed by atoms with Gasteiger partial charge in [-0.3, -0.25) is 4.79 Å². The van der Waals surface area contributed by atoms with Crippen LogP contribution in [0.2, 0.25) is 0 Å². The van der Waals surface area contributed by atoms with Gasteiger partial charge in [-0.1, -0.05) is 6.08 Å². The van der Waals surface area contributed by atoms with Crippen LogP contribution in [0, 0.1) is 5.92 Å². The van der Waals surface area contributed by atoms with Crippen LogP contribution in [0.4, 0.5) is 0 Å². The number of nitrogens with one attached hydrogen (secondary N) is 1. The summed E-state index contributed by atoms with van der Waals surface area (Å²) in [5.41, 5.74) is 5.57. The van der Waals surface area contributed by atoms with Gasteiger partial charge in [0.25, 0.3) is 0 Å². The molecule has 1 saturated carbocycles. The molecule has 1 aliphatic rings. The van der Waals surface area contributed by atoms with Crippen molar-refractivity contribution >= 4 is 5.91 Å². The first-order valence-corrected chi connectivity index (χ1v) is 4.95. The van der Waals surface area contributed by atoms with Crippen molar-refractivity contribution in [3.8, 4) is 0 Å². The lowest BCUT2D eigenvalue weighted by molar-refractivity contribution is -0.122. The lowest BCUT2D eigenvalue weighted by Crippen LogP contribution is -2.44. The van der Waals surface area contributed by atoms with Gasteiger partial charge in [0.15, 0.2) is 0 Å². The van der Waals surface area contributed by atoms with Gasteiger partial charge >= 0.3 is 0 Å². The Morgan fingerprint density at radius 1 is 1.71 bits per heavy atom. The van der Waals surface area contributed by atoms with Crippen molar-refractivity contribution in [2.24, 2.45) is 11.7 Å². The topological polar surface area (TPSA) is 75.4 Å². The van der Waals surface area contributed by atoms with Gasteiger partial charge in [0.05, 0.1) is 12.1 Å². The van der Waals surface area contributed by atoms with Crippen molar-refractivity contribution in [2.75, 3.05) is 6.54 Å². The standard InChI is InChI=1S/C10H18N2O2/c1-2-3-9(11)10(14)12-6-7-4-8(13)5-7/h2,7-9,13H,1,3-6,11H2,(H,12,14). The maximum atomic E-state index is 11.3. The van der Waals surface area contributed by atoms with Gasteiger partial charge in [0.2, 0.25) is 5.91 Å². The number of aliphatic hydroxyl groups excluding tert-OH is 1. The van der Waals surface area contributed by atoms with Crippen LogP contribution in [0.25, 0.3) is 0 Å². The highest BCUT2D eigenvalue weighted by Gasteiger charge is 2.27. The Labute approximate surface area is 84.2 Å². The highest BCUT2D eigenvalue weighted by Crippen LogP contribution is 2.25. The molecule has 0 aromatic rings. The molecule has 1 unspecified atom stereocenters. The smallest absolute Gasteiger partial charge is 0.237 e. The Hall–Kier alpha value is -0.870.